The lowest BCUT2D eigenvalue weighted by atomic mass is 10.1. The van der Waals surface area contributed by atoms with Gasteiger partial charge in [0, 0.05) is 41.5 Å². The van der Waals surface area contributed by atoms with Crippen LogP contribution in [0.4, 0.5) is 0 Å². The van der Waals surface area contributed by atoms with Gasteiger partial charge in [-0.05, 0) is 32.0 Å². The van der Waals surface area contributed by atoms with Crippen LogP contribution < -0.4 is 5.32 Å². The highest BCUT2D eigenvalue weighted by Crippen LogP contribution is 2.30. The molecule has 2 heterocycles. The first-order chi connectivity index (χ1) is 11.9. The van der Waals surface area contributed by atoms with Crippen LogP contribution in [-0.4, -0.2) is 20.8 Å². The Morgan fingerprint density at radius 1 is 1.28 bits per heavy atom. The van der Waals surface area contributed by atoms with E-state index >= 15 is 0 Å². The van der Waals surface area contributed by atoms with Crippen molar-refractivity contribution in [1.29, 1.82) is 0 Å². The molecule has 3 aromatic rings. The zero-order chi connectivity index (χ0) is 18.1. The molecule has 0 saturated carbocycles. The predicted octanol–water partition coefficient (Wildman–Crippen LogP) is 3.93. The second-order valence-corrected chi connectivity index (χ2v) is 6.50. The molecule has 0 bridgehead atoms. The molecule has 0 fully saturated rings. The summed E-state index contributed by atoms with van der Waals surface area (Å²) in [4.78, 5) is 12.3. The van der Waals surface area contributed by atoms with Gasteiger partial charge in [-0.1, -0.05) is 28.4 Å². The lowest BCUT2D eigenvalue weighted by Crippen LogP contribution is -2.23. The van der Waals surface area contributed by atoms with Crippen LogP contribution in [0.15, 0.2) is 28.8 Å². The topological polar surface area (TPSA) is 73.0 Å². The Balaban J connectivity index is 1.74. The molecule has 0 radical (unpaired) electrons. The third kappa shape index (κ3) is 3.55. The molecule has 25 heavy (non-hydrogen) atoms. The Kier molecular flexibility index (Phi) is 4.83. The highest BCUT2D eigenvalue weighted by atomic mass is 35.5. The molecule has 0 aliphatic rings. The summed E-state index contributed by atoms with van der Waals surface area (Å²) in [5.41, 5.74) is 3.68. The fourth-order valence-electron chi connectivity index (χ4n) is 2.53. The first-order valence-electron chi connectivity index (χ1n) is 7.56. The number of hydrogen-bond acceptors (Lipinski definition) is 4. The second-order valence-electron chi connectivity index (χ2n) is 5.66. The van der Waals surface area contributed by atoms with E-state index in [1.807, 2.05) is 20.9 Å². The first-order valence-corrected chi connectivity index (χ1v) is 8.32. The molecule has 0 atom stereocenters. The molecular formula is C17H16Cl2N4O2. The summed E-state index contributed by atoms with van der Waals surface area (Å²) < 4.78 is 7.03. The average Bonchev–Trinajstić information content (AvgIpc) is 3.12. The molecule has 6 nitrogen and oxygen atoms in total. The molecule has 0 aliphatic heterocycles. The molecule has 0 spiro atoms. The van der Waals surface area contributed by atoms with Crippen LogP contribution in [-0.2, 0) is 13.6 Å². The number of nitrogens with one attached hydrogen (secondary N) is 1. The van der Waals surface area contributed by atoms with Crippen molar-refractivity contribution in [3.05, 3.63) is 57.0 Å². The number of halogens is 2. The Morgan fingerprint density at radius 2 is 2.04 bits per heavy atom. The zero-order valence-corrected chi connectivity index (χ0v) is 15.4. The van der Waals surface area contributed by atoms with Crippen molar-refractivity contribution in [2.75, 3.05) is 0 Å². The number of rotatable bonds is 4. The van der Waals surface area contributed by atoms with Gasteiger partial charge in [-0.25, -0.2) is 0 Å². The summed E-state index contributed by atoms with van der Waals surface area (Å²) in [6, 6.07) is 6.57. The fourth-order valence-corrected chi connectivity index (χ4v) is 3.03. The zero-order valence-electron chi connectivity index (χ0n) is 13.9. The SMILES string of the molecule is Cc1nn(C)c(C)c1CNC(=O)c1cc(-c2ccc(Cl)cc2Cl)on1. The maximum Gasteiger partial charge on any atom is 0.273 e. The summed E-state index contributed by atoms with van der Waals surface area (Å²) in [6.07, 6.45) is 0. The standard InChI is InChI=1S/C17H16Cl2N4O2/c1-9-13(10(2)23(3)21-9)8-20-17(24)15-7-16(25-22-15)12-5-4-11(18)6-14(12)19/h4-7H,8H2,1-3H3,(H,20,24). The van der Waals surface area contributed by atoms with E-state index in [0.29, 0.717) is 27.9 Å². The lowest BCUT2D eigenvalue weighted by molar-refractivity contribution is 0.0942. The van der Waals surface area contributed by atoms with E-state index in [1.165, 1.54) is 0 Å². The molecule has 1 aromatic carbocycles. The van der Waals surface area contributed by atoms with E-state index in [-0.39, 0.29) is 11.6 Å². The summed E-state index contributed by atoms with van der Waals surface area (Å²) >= 11 is 12.0. The van der Waals surface area contributed by atoms with Crippen LogP contribution in [0.3, 0.4) is 0 Å². The number of amides is 1. The van der Waals surface area contributed by atoms with E-state index in [2.05, 4.69) is 15.6 Å². The van der Waals surface area contributed by atoms with Crippen LogP contribution in [0.1, 0.15) is 27.4 Å². The minimum Gasteiger partial charge on any atom is -0.355 e. The quantitative estimate of drug-likeness (QED) is 0.746. The largest absolute Gasteiger partial charge is 0.355 e. The maximum absolute atomic E-state index is 12.3. The molecule has 1 N–H and O–H groups in total. The molecule has 8 heteroatoms. The van der Waals surface area contributed by atoms with Crippen molar-refractivity contribution >= 4 is 29.1 Å². The van der Waals surface area contributed by atoms with Gasteiger partial charge in [-0.2, -0.15) is 5.10 Å². The highest BCUT2D eigenvalue weighted by Gasteiger charge is 2.17. The molecule has 0 saturated heterocycles. The van der Waals surface area contributed by atoms with Gasteiger partial charge in [0.05, 0.1) is 10.7 Å². The smallest absolute Gasteiger partial charge is 0.273 e. The lowest BCUT2D eigenvalue weighted by Gasteiger charge is -2.03. The van der Waals surface area contributed by atoms with Crippen molar-refractivity contribution in [2.24, 2.45) is 7.05 Å². The van der Waals surface area contributed by atoms with Gasteiger partial charge < -0.3 is 9.84 Å². The number of benzene rings is 1. The number of aromatic nitrogens is 3. The number of carbonyl (C=O) groups excluding carboxylic acids is 1. The molecular weight excluding hydrogens is 363 g/mol. The van der Waals surface area contributed by atoms with E-state index in [4.69, 9.17) is 27.7 Å². The van der Waals surface area contributed by atoms with Gasteiger partial charge in [0.25, 0.3) is 5.91 Å². The van der Waals surface area contributed by atoms with E-state index < -0.39 is 0 Å². The normalized spacial score (nSPS) is 10.9. The molecule has 3 rings (SSSR count). The maximum atomic E-state index is 12.3. The van der Waals surface area contributed by atoms with Crippen molar-refractivity contribution in [1.82, 2.24) is 20.3 Å². The number of hydrogen-bond donors (Lipinski definition) is 1. The van der Waals surface area contributed by atoms with Gasteiger partial charge >= 0.3 is 0 Å². The highest BCUT2D eigenvalue weighted by molar-refractivity contribution is 6.36. The average molecular weight is 379 g/mol. The number of aryl methyl sites for hydroxylation is 2. The molecule has 2 aromatic heterocycles. The van der Waals surface area contributed by atoms with Crippen molar-refractivity contribution in [3.8, 4) is 11.3 Å². The Morgan fingerprint density at radius 3 is 2.68 bits per heavy atom. The van der Waals surface area contributed by atoms with Crippen LogP contribution in [0.5, 0.6) is 0 Å². The third-order valence-corrected chi connectivity index (χ3v) is 4.57. The minimum atomic E-state index is -0.331. The van der Waals surface area contributed by atoms with Crippen molar-refractivity contribution in [3.63, 3.8) is 0 Å². The summed E-state index contributed by atoms with van der Waals surface area (Å²) in [7, 11) is 1.87. The third-order valence-electron chi connectivity index (χ3n) is 4.02. The van der Waals surface area contributed by atoms with Crippen LogP contribution in [0.2, 0.25) is 10.0 Å². The van der Waals surface area contributed by atoms with Gasteiger partial charge in [0.15, 0.2) is 11.5 Å². The van der Waals surface area contributed by atoms with E-state index in [1.54, 1.807) is 28.9 Å². The Hall–Kier alpha value is -2.31. The molecule has 0 unspecified atom stereocenters. The molecule has 1 amide bonds. The first kappa shape index (κ1) is 17.5. The van der Waals surface area contributed by atoms with Crippen molar-refractivity contribution in [2.45, 2.75) is 20.4 Å². The predicted molar refractivity (Wildman–Crippen MR) is 95.8 cm³/mol. The Labute approximate surface area is 154 Å². The van der Waals surface area contributed by atoms with Gasteiger partial charge in [-0.15, -0.1) is 0 Å². The van der Waals surface area contributed by atoms with Crippen LogP contribution in [0, 0.1) is 13.8 Å². The fraction of sp³-hybridized carbons (Fsp3) is 0.235. The van der Waals surface area contributed by atoms with Gasteiger partial charge in [-0.3, -0.25) is 9.48 Å². The second kappa shape index (κ2) is 6.90. The molecule has 130 valence electrons. The number of nitrogens with zero attached hydrogens (tertiary/aromatic N) is 3. The molecule has 0 aliphatic carbocycles. The van der Waals surface area contributed by atoms with Crippen LogP contribution in [0.25, 0.3) is 11.3 Å². The summed E-state index contributed by atoms with van der Waals surface area (Å²) in [5.74, 6) is 0.0725. The Bertz CT molecular complexity index is 946. The monoisotopic (exact) mass is 378 g/mol. The van der Waals surface area contributed by atoms with E-state index in [9.17, 15) is 4.79 Å². The van der Waals surface area contributed by atoms with Crippen molar-refractivity contribution < 1.29 is 9.32 Å². The van der Waals surface area contributed by atoms with E-state index in [0.717, 1.165) is 17.0 Å². The van der Waals surface area contributed by atoms with Gasteiger partial charge in [0.2, 0.25) is 0 Å². The van der Waals surface area contributed by atoms with Gasteiger partial charge in [0.1, 0.15) is 0 Å². The van der Waals surface area contributed by atoms with Crippen LogP contribution >= 0.6 is 23.2 Å². The summed E-state index contributed by atoms with van der Waals surface area (Å²) in [5, 5.41) is 11.9. The minimum absolute atomic E-state index is 0.181. The number of carbonyl (C=O) groups is 1. The summed E-state index contributed by atoms with van der Waals surface area (Å²) in [6.45, 7) is 4.23.